The molecule has 1 rings (SSSR count). The Bertz CT molecular complexity index is 689. The molecule has 0 heterocycles. The van der Waals surface area contributed by atoms with E-state index in [1.807, 2.05) is 51.1 Å². The number of carbonyl (C=O) groups is 2. The lowest BCUT2D eigenvalue weighted by Gasteiger charge is -2.23. The fraction of sp³-hybridized carbons (Fsp3) is 0.450. The first-order chi connectivity index (χ1) is 11.5. The average molecular weight is 342 g/mol. The molecule has 0 saturated heterocycles. The van der Waals surface area contributed by atoms with Gasteiger partial charge >= 0.3 is 5.97 Å². The van der Waals surface area contributed by atoms with E-state index in [4.69, 9.17) is 4.74 Å². The molecule has 0 bridgehead atoms. The summed E-state index contributed by atoms with van der Waals surface area (Å²) in [5.41, 5.74) is 1.33. The second-order valence-electron chi connectivity index (χ2n) is 7.28. The van der Waals surface area contributed by atoms with Crippen molar-refractivity contribution in [2.45, 2.75) is 59.1 Å². The van der Waals surface area contributed by atoms with Crippen LogP contribution in [0.15, 0.2) is 29.8 Å². The Balaban J connectivity index is 2.83. The Kier molecular flexibility index (Phi) is 6.93. The van der Waals surface area contributed by atoms with E-state index < -0.39 is 23.5 Å². The van der Waals surface area contributed by atoms with Crippen molar-refractivity contribution in [1.82, 2.24) is 5.32 Å². The van der Waals surface area contributed by atoms with Gasteiger partial charge in [0.15, 0.2) is 6.10 Å². The second kappa shape index (κ2) is 8.48. The molecule has 0 aromatic heterocycles. The quantitative estimate of drug-likeness (QED) is 0.504. The van der Waals surface area contributed by atoms with Crippen molar-refractivity contribution >= 4 is 18.0 Å². The molecule has 0 unspecified atom stereocenters. The molecule has 1 aromatic rings. The third-order valence-corrected chi connectivity index (χ3v) is 3.41. The van der Waals surface area contributed by atoms with Crippen molar-refractivity contribution in [3.8, 4) is 6.07 Å². The van der Waals surface area contributed by atoms with Gasteiger partial charge in [-0.2, -0.15) is 5.26 Å². The van der Waals surface area contributed by atoms with Crippen LogP contribution in [0.25, 0.3) is 6.08 Å². The molecule has 0 radical (unpaired) electrons. The zero-order valence-electron chi connectivity index (χ0n) is 15.7. The summed E-state index contributed by atoms with van der Waals surface area (Å²) < 4.78 is 5.10. The first kappa shape index (κ1) is 20.4. The lowest BCUT2D eigenvalue weighted by molar-refractivity contribution is -0.151. The molecule has 0 saturated carbocycles. The van der Waals surface area contributed by atoms with Crippen molar-refractivity contribution < 1.29 is 14.3 Å². The molecule has 5 heteroatoms. The first-order valence-electron chi connectivity index (χ1n) is 8.28. The van der Waals surface area contributed by atoms with Gasteiger partial charge in [-0.25, -0.2) is 4.79 Å². The Morgan fingerprint density at radius 1 is 1.16 bits per heavy atom. The van der Waals surface area contributed by atoms with Crippen LogP contribution in [-0.4, -0.2) is 23.5 Å². The van der Waals surface area contributed by atoms with Crippen molar-refractivity contribution in [3.05, 3.63) is 41.0 Å². The molecule has 1 aromatic carbocycles. The highest BCUT2D eigenvalue weighted by molar-refractivity contribution is 5.99. The molecule has 1 atom stereocenters. The summed E-state index contributed by atoms with van der Waals surface area (Å²) in [6, 6.07) is 9.43. The number of rotatable bonds is 5. The average Bonchev–Trinajstić information content (AvgIpc) is 2.51. The van der Waals surface area contributed by atoms with E-state index in [2.05, 4.69) is 19.2 Å². The molecular weight excluding hydrogens is 316 g/mol. The number of nitrogens with zero attached hydrogens (tertiary/aromatic N) is 1. The van der Waals surface area contributed by atoms with Gasteiger partial charge in [0.2, 0.25) is 0 Å². The molecule has 0 aliphatic rings. The van der Waals surface area contributed by atoms with Crippen LogP contribution in [0.2, 0.25) is 0 Å². The maximum Gasteiger partial charge on any atom is 0.349 e. The smallest absolute Gasteiger partial charge is 0.349 e. The summed E-state index contributed by atoms with van der Waals surface area (Å²) >= 11 is 0. The van der Waals surface area contributed by atoms with Gasteiger partial charge < -0.3 is 10.1 Å². The van der Waals surface area contributed by atoms with Crippen LogP contribution >= 0.6 is 0 Å². The minimum Gasteiger partial charge on any atom is -0.448 e. The maximum absolute atomic E-state index is 12.1. The Labute approximate surface area is 149 Å². The third-order valence-electron chi connectivity index (χ3n) is 3.41. The van der Waals surface area contributed by atoms with Crippen molar-refractivity contribution in [2.24, 2.45) is 0 Å². The van der Waals surface area contributed by atoms with E-state index in [9.17, 15) is 14.9 Å². The second-order valence-corrected chi connectivity index (χ2v) is 7.28. The minimum atomic E-state index is -0.980. The molecule has 134 valence electrons. The standard InChI is InChI=1S/C20H26N2O3/c1-13(2)16-9-7-15(8-10-16)11-17(12-21)19(24)25-14(3)18(23)22-20(4,5)6/h7-11,13-14H,1-6H3,(H,22,23)/b17-11+/t14-/m1/s1. The molecule has 0 fully saturated rings. The fourth-order valence-electron chi connectivity index (χ4n) is 2.03. The van der Waals surface area contributed by atoms with E-state index in [0.717, 1.165) is 5.56 Å². The van der Waals surface area contributed by atoms with Gasteiger partial charge in [-0.1, -0.05) is 38.1 Å². The van der Waals surface area contributed by atoms with E-state index >= 15 is 0 Å². The van der Waals surface area contributed by atoms with E-state index in [-0.39, 0.29) is 5.57 Å². The number of amides is 1. The molecule has 5 nitrogen and oxygen atoms in total. The number of benzene rings is 1. The van der Waals surface area contributed by atoms with Crippen LogP contribution in [0.3, 0.4) is 0 Å². The van der Waals surface area contributed by atoms with Crippen molar-refractivity contribution in [2.75, 3.05) is 0 Å². The van der Waals surface area contributed by atoms with Crippen molar-refractivity contribution in [3.63, 3.8) is 0 Å². The molecule has 0 spiro atoms. The largest absolute Gasteiger partial charge is 0.448 e. The predicted octanol–water partition coefficient (Wildman–Crippen LogP) is 3.56. The summed E-state index contributed by atoms with van der Waals surface area (Å²) in [5, 5.41) is 11.9. The normalized spacial score (nSPS) is 13.1. The lowest BCUT2D eigenvalue weighted by atomic mass is 10.0. The number of ether oxygens (including phenoxy) is 1. The summed E-state index contributed by atoms with van der Waals surface area (Å²) in [4.78, 5) is 24.1. The summed E-state index contributed by atoms with van der Waals surface area (Å²) in [5.74, 6) is -0.813. The highest BCUT2D eigenvalue weighted by atomic mass is 16.5. The Morgan fingerprint density at radius 3 is 2.16 bits per heavy atom. The number of hydrogen-bond donors (Lipinski definition) is 1. The minimum absolute atomic E-state index is 0.146. The Morgan fingerprint density at radius 2 is 1.72 bits per heavy atom. The van der Waals surface area contributed by atoms with Gasteiger partial charge in [-0.05, 0) is 50.8 Å². The predicted molar refractivity (Wildman–Crippen MR) is 97.6 cm³/mol. The van der Waals surface area contributed by atoms with E-state index in [0.29, 0.717) is 5.92 Å². The number of nitrogens with one attached hydrogen (secondary N) is 1. The number of esters is 1. The maximum atomic E-state index is 12.1. The van der Waals surface area contributed by atoms with Gasteiger partial charge in [0.05, 0.1) is 0 Å². The fourth-order valence-corrected chi connectivity index (χ4v) is 2.03. The molecule has 1 amide bonds. The van der Waals surface area contributed by atoms with Crippen molar-refractivity contribution in [1.29, 1.82) is 5.26 Å². The van der Waals surface area contributed by atoms with Crippen LogP contribution in [0.1, 0.15) is 58.6 Å². The molecule has 0 aliphatic carbocycles. The molecular formula is C20H26N2O3. The summed E-state index contributed by atoms with van der Waals surface area (Å²) in [6.45, 7) is 11.2. The third kappa shape index (κ3) is 6.80. The number of carbonyl (C=O) groups excluding carboxylic acids is 2. The first-order valence-corrected chi connectivity index (χ1v) is 8.28. The van der Waals surface area contributed by atoms with Gasteiger partial charge in [0.25, 0.3) is 5.91 Å². The SMILES string of the molecule is CC(C)c1ccc(/C=C(\C#N)C(=O)O[C@H](C)C(=O)NC(C)(C)C)cc1. The van der Waals surface area contributed by atoms with Gasteiger partial charge in [-0.3, -0.25) is 4.79 Å². The zero-order valence-corrected chi connectivity index (χ0v) is 15.7. The lowest BCUT2D eigenvalue weighted by Crippen LogP contribution is -2.46. The topological polar surface area (TPSA) is 79.2 Å². The molecule has 1 N–H and O–H groups in total. The van der Waals surface area contributed by atoms with Crippen LogP contribution in [0, 0.1) is 11.3 Å². The van der Waals surface area contributed by atoms with Gasteiger partial charge in [0.1, 0.15) is 11.6 Å². The number of hydrogen-bond acceptors (Lipinski definition) is 4. The van der Waals surface area contributed by atoms with E-state index in [1.165, 1.54) is 18.6 Å². The number of nitriles is 1. The van der Waals surface area contributed by atoms with Crippen LogP contribution in [0.5, 0.6) is 0 Å². The van der Waals surface area contributed by atoms with Crippen LogP contribution in [-0.2, 0) is 14.3 Å². The molecule has 25 heavy (non-hydrogen) atoms. The summed E-state index contributed by atoms with van der Waals surface area (Å²) in [6.07, 6.45) is 0.479. The van der Waals surface area contributed by atoms with Gasteiger partial charge in [0, 0.05) is 5.54 Å². The molecule has 0 aliphatic heterocycles. The van der Waals surface area contributed by atoms with Gasteiger partial charge in [-0.15, -0.1) is 0 Å². The monoisotopic (exact) mass is 342 g/mol. The Hall–Kier alpha value is -2.61. The summed E-state index contributed by atoms with van der Waals surface area (Å²) in [7, 11) is 0. The van der Waals surface area contributed by atoms with Crippen LogP contribution < -0.4 is 5.32 Å². The van der Waals surface area contributed by atoms with E-state index in [1.54, 1.807) is 0 Å². The zero-order chi connectivity index (χ0) is 19.2. The van der Waals surface area contributed by atoms with Crippen LogP contribution in [0.4, 0.5) is 0 Å². The highest BCUT2D eigenvalue weighted by Crippen LogP contribution is 2.16. The highest BCUT2D eigenvalue weighted by Gasteiger charge is 2.23.